The van der Waals surface area contributed by atoms with Crippen LogP contribution in [0.15, 0.2) is 0 Å². The van der Waals surface area contributed by atoms with E-state index in [0.29, 0.717) is 16.7 Å². The summed E-state index contributed by atoms with van der Waals surface area (Å²) in [6, 6.07) is 0. The normalized spacial score (nSPS) is 32.1. The summed E-state index contributed by atoms with van der Waals surface area (Å²) in [5, 5.41) is 11.6. The SMILES string of the molecule is Cc1nc(CC[C@]23CC[C@H](C[C@H](O)C2)C3)c2nc(C3CCC(C)(C)CC3)sc2n1. The molecule has 2 aromatic heterocycles. The van der Waals surface area contributed by atoms with E-state index in [2.05, 4.69) is 13.8 Å². The molecule has 0 aromatic carbocycles. The Morgan fingerprint density at radius 3 is 2.62 bits per heavy atom. The molecular formula is C24H35N3OS. The van der Waals surface area contributed by atoms with Crippen LogP contribution in [0.3, 0.4) is 0 Å². The minimum atomic E-state index is -0.0927. The summed E-state index contributed by atoms with van der Waals surface area (Å²) in [5.41, 5.74) is 3.02. The monoisotopic (exact) mass is 413 g/mol. The second-order valence-electron chi connectivity index (χ2n) is 11.1. The number of aryl methyl sites for hydroxylation is 2. The third-order valence-electron chi connectivity index (χ3n) is 8.12. The lowest BCUT2D eigenvalue weighted by atomic mass is 9.71. The van der Waals surface area contributed by atoms with Crippen LogP contribution < -0.4 is 0 Å². The summed E-state index contributed by atoms with van der Waals surface area (Å²) in [6.45, 7) is 6.80. The molecular weight excluding hydrogens is 378 g/mol. The summed E-state index contributed by atoms with van der Waals surface area (Å²) in [6.07, 6.45) is 13.0. The molecule has 0 unspecified atom stereocenters. The summed E-state index contributed by atoms with van der Waals surface area (Å²) in [4.78, 5) is 15.8. The summed E-state index contributed by atoms with van der Waals surface area (Å²) >= 11 is 1.80. The zero-order valence-electron chi connectivity index (χ0n) is 18.2. The maximum atomic E-state index is 10.3. The number of aliphatic hydroxyl groups is 1. The topological polar surface area (TPSA) is 58.9 Å². The van der Waals surface area contributed by atoms with Crippen LogP contribution in [-0.4, -0.2) is 26.2 Å². The molecule has 3 fully saturated rings. The molecule has 4 nitrogen and oxygen atoms in total. The lowest BCUT2D eigenvalue weighted by Gasteiger charge is -2.36. The third-order valence-corrected chi connectivity index (χ3v) is 9.23. The Morgan fingerprint density at radius 2 is 1.83 bits per heavy atom. The highest BCUT2D eigenvalue weighted by Crippen LogP contribution is 2.54. The number of aromatic nitrogens is 3. The zero-order chi connectivity index (χ0) is 20.2. The fourth-order valence-electron chi connectivity index (χ4n) is 6.40. The molecule has 3 atom stereocenters. The van der Waals surface area contributed by atoms with Crippen LogP contribution >= 0.6 is 11.3 Å². The molecule has 5 heteroatoms. The van der Waals surface area contributed by atoms with Gasteiger partial charge in [0.05, 0.1) is 16.8 Å². The molecule has 158 valence electrons. The largest absolute Gasteiger partial charge is 0.393 e. The van der Waals surface area contributed by atoms with Crippen molar-refractivity contribution in [1.82, 2.24) is 15.0 Å². The lowest BCUT2D eigenvalue weighted by Crippen LogP contribution is -2.30. The smallest absolute Gasteiger partial charge is 0.147 e. The van der Waals surface area contributed by atoms with E-state index in [4.69, 9.17) is 15.0 Å². The van der Waals surface area contributed by atoms with E-state index >= 15 is 0 Å². The molecule has 2 bridgehead atoms. The van der Waals surface area contributed by atoms with Gasteiger partial charge in [0, 0.05) is 5.92 Å². The molecule has 3 aliphatic carbocycles. The highest BCUT2D eigenvalue weighted by molar-refractivity contribution is 7.18. The predicted molar refractivity (Wildman–Crippen MR) is 118 cm³/mol. The molecule has 2 aromatic rings. The van der Waals surface area contributed by atoms with E-state index in [9.17, 15) is 5.11 Å². The molecule has 2 heterocycles. The van der Waals surface area contributed by atoms with Gasteiger partial charge in [0.25, 0.3) is 0 Å². The van der Waals surface area contributed by atoms with Gasteiger partial charge >= 0.3 is 0 Å². The van der Waals surface area contributed by atoms with Gasteiger partial charge in [0.2, 0.25) is 0 Å². The van der Waals surface area contributed by atoms with Crippen molar-refractivity contribution < 1.29 is 5.11 Å². The van der Waals surface area contributed by atoms with Crippen LogP contribution in [0.5, 0.6) is 0 Å². The van der Waals surface area contributed by atoms with Gasteiger partial charge in [-0.05, 0) is 94.3 Å². The fraction of sp³-hybridized carbons (Fsp3) is 0.792. The first kappa shape index (κ1) is 19.9. The van der Waals surface area contributed by atoms with Gasteiger partial charge in [-0.25, -0.2) is 15.0 Å². The summed E-state index contributed by atoms with van der Waals surface area (Å²) in [5.74, 6) is 2.21. The summed E-state index contributed by atoms with van der Waals surface area (Å²) < 4.78 is 0. The average molecular weight is 414 g/mol. The molecule has 1 N–H and O–H groups in total. The second-order valence-corrected chi connectivity index (χ2v) is 12.1. The summed E-state index contributed by atoms with van der Waals surface area (Å²) in [7, 11) is 0. The number of hydrogen-bond acceptors (Lipinski definition) is 5. The number of hydrogen-bond donors (Lipinski definition) is 1. The molecule has 3 aliphatic rings. The van der Waals surface area contributed by atoms with Gasteiger partial charge in [-0.15, -0.1) is 0 Å². The number of aliphatic hydroxyl groups excluding tert-OH is 1. The Bertz CT molecular complexity index is 897. The van der Waals surface area contributed by atoms with Crippen molar-refractivity contribution in [2.45, 2.75) is 103 Å². The number of fused-ring (bicyclic) bond motifs is 3. The Balaban J connectivity index is 1.37. The van der Waals surface area contributed by atoms with Crippen molar-refractivity contribution in [1.29, 1.82) is 0 Å². The lowest BCUT2D eigenvalue weighted by molar-refractivity contribution is 0.0469. The molecule has 5 rings (SSSR count). The standard InChI is InChI=1S/C24H35N3OS/c1-15-25-19(7-11-24-10-4-16(13-24)12-18(28)14-24)20-22(26-15)29-21(27-20)17-5-8-23(2,3)9-6-17/h16-18,28H,4-14H2,1-3H3/t16-,18+,24+/m1/s1. The van der Waals surface area contributed by atoms with Crippen molar-refractivity contribution in [3.63, 3.8) is 0 Å². The molecule has 0 aliphatic heterocycles. The van der Waals surface area contributed by atoms with Crippen LogP contribution in [0.1, 0.15) is 100 Å². The first-order valence-electron chi connectivity index (χ1n) is 11.6. The van der Waals surface area contributed by atoms with Crippen LogP contribution in [-0.2, 0) is 6.42 Å². The molecule has 3 saturated carbocycles. The molecule has 0 radical (unpaired) electrons. The van der Waals surface area contributed by atoms with Crippen LogP contribution in [0.2, 0.25) is 0 Å². The molecule has 29 heavy (non-hydrogen) atoms. The Kier molecular flexibility index (Phi) is 4.98. The highest BCUT2D eigenvalue weighted by atomic mass is 32.1. The molecule has 0 spiro atoms. The maximum Gasteiger partial charge on any atom is 0.147 e. The van der Waals surface area contributed by atoms with E-state index < -0.39 is 0 Å². The van der Waals surface area contributed by atoms with Gasteiger partial charge in [0.15, 0.2) is 0 Å². The van der Waals surface area contributed by atoms with Crippen LogP contribution in [0.25, 0.3) is 10.3 Å². The van der Waals surface area contributed by atoms with Crippen molar-refractivity contribution in [3.8, 4) is 0 Å². The predicted octanol–water partition coefficient (Wildman–Crippen LogP) is 5.95. The van der Waals surface area contributed by atoms with Gasteiger partial charge in [-0.3, -0.25) is 0 Å². The van der Waals surface area contributed by atoms with E-state index in [-0.39, 0.29) is 6.10 Å². The van der Waals surface area contributed by atoms with Gasteiger partial charge < -0.3 is 5.11 Å². The minimum Gasteiger partial charge on any atom is -0.393 e. The minimum absolute atomic E-state index is 0.0927. The molecule has 0 saturated heterocycles. The quantitative estimate of drug-likeness (QED) is 0.672. The third kappa shape index (κ3) is 3.97. The van der Waals surface area contributed by atoms with Crippen LogP contribution in [0.4, 0.5) is 0 Å². The Morgan fingerprint density at radius 1 is 1.03 bits per heavy atom. The van der Waals surface area contributed by atoms with E-state index in [1.807, 2.05) is 6.92 Å². The number of rotatable bonds is 4. The van der Waals surface area contributed by atoms with Crippen molar-refractivity contribution in [3.05, 3.63) is 16.5 Å². The van der Waals surface area contributed by atoms with E-state index in [1.54, 1.807) is 11.3 Å². The first-order valence-corrected chi connectivity index (χ1v) is 12.4. The van der Waals surface area contributed by atoms with Gasteiger partial charge in [-0.1, -0.05) is 25.2 Å². The Hall–Kier alpha value is -1.07. The van der Waals surface area contributed by atoms with E-state index in [1.165, 1.54) is 50.0 Å². The molecule has 0 amide bonds. The van der Waals surface area contributed by atoms with Gasteiger partial charge in [-0.2, -0.15) is 0 Å². The maximum absolute atomic E-state index is 10.3. The number of nitrogens with zero attached hydrogens (tertiary/aromatic N) is 3. The van der Waals surface area contributed by atoms with Crippen LogP contribution in [0, 0.1) is 23.7 Å². The average Bonchev–Trinajstić information content (AvgIpc) is 3.21. The Labute approximate surface area is 178 Å². The second kappa shape index (κ2) is 7.26. The van der Waals surface area contributed by atoms with Gasteiger partial charge in [0.1, 0.15) is 16.2 Å². The first-order chi connectivity index (χ1) is 13.8. The van der Waals surface area contributed by atoms with E-state index in [0.717, 1.165) is 53.5 Å². The van der Waals surface area contributed by atoms with Crippen molar-refractivity contribution in [2.75, 3.05) is 0 Å². The zero-order valence-corrected chi connectivity index (χ0v) is 19.0. The number of thiazole rings is 1. The highest BCUT2D eigenvalue weighted by Gasteiger charge is 2.44. The fourth-order valence-corrected chi connectivity index (χ4v) is 7.58. The van der Waals surface area contributed by atoms with Crippen molar-refractivity contribution in [2.24, 2.45) is 16.7 Å². The van der Waals surface area contributed by atoms with Crippen molar-refractivity contribution >= 4 is 21.7 Å².